The molecule has 1 aromatic heterocycles. The first kappa shape index (κ1) is 15.3. The van der Waals surface area contributed by atoms with Crippen molar-refractivity contribution in [2.45, 2.75) is 32.8 Å². The van der Waals surface area contributed by atoms with E-state index in [0.717, 1.165) is 10.9 Å². The van der Waals surface area contributed by atoms with Crippen LogP contribution in [0.1, 0.15) is 26.7 Å². The molecule has 0 aliphatic carbocycles. The van der Waals surface area contributed by atoms with Crippen LogP contribution in [-0.4, -0.2) is 40.2 Å². The molecule has 110 valence electrons. The van der Waals surface area contributed by atoms with Crippen molar-refractivity contribution in [3.05, 3.63) is 22.9 Å². The van der Waals surface area contributed by atoms with E-state index < -0.39 is 0 Å². The van der Waals surface area contributed by atoms with Gasteiger partial charge in [-0.25, -0.2) is 4.79 Å². The molecule has 2 N–H and O–H groups in total. The highest BCUT2D eigenvalue weighted by Gasteiger charge is 2.31. The highest BCUT2D eigenvalue weighted by Crippen LogP contribution is 2.29. The smallest absolute Gasteiger partial charge is 0.321 e. The van der Waals surface area contributed by atoms with Crippen LogP contribution in [0.2, 0.25) is 0 Å². The van der Waals surface area contributed by atoms with Crippen molar-refractivity contribution < 1.29 is 9.90 Å². The second-order valence-corrected chi connectivity index (χ2v) is 6.87. The van der Waals surface area contributed by atoms with Gasteiger partial charge < -0.3 is 15.3 Å². The van der Waals surface area contributed by atoms with Gasteiger partial charge in [0.05, 0.1) is 16.3 Å². The molecule has 1 aliphatic rings. The van der Waals surface area contributed by atoms with Crippen LogP contribution < -0.4 is 5.32 Å². The molecule has 2 rings (SSSR count). The number of amides is 2. The molecule has 1 fully saturated rings. The van der Waals surface area contributed by atoms with E-state index in [0.29, 0.717) is 25.2 Å². The van der Waals surface area contributed by atoms with Crippen molar-refractivity contribution in [3.8, 4) is 0 Å². The fourth-order valence-electron chi connectivity index (χ4n) is 2.55. The zero-order valence-corrected chi connectivity index (χ0v) is 13.4. The van der Waals surface area contributed by atoms with Crippen LogP contribution in [-0.2, 0) is 0 Å². The fraction of sp³-hybridized carbons (Fsp3) is 0.571. The molecule has 6 heteroatoms. The number of aromatic nitrogens is 1. The van der Waals surface area contributed by atoms with Gasteiger partial charge >= 0.3 is 6.03 Å². The minimum Gasteiger partial charge on any atom is -0.393 e. The lowest BCUT2D eigenvalue weighted by Gasteiger charge is -2.29. The lowest BCUT2D eigenvalue weighted by atomic mass is 9.87. The predicted octanol–water partition coefficient (Wildman–Crippen LogP) is 2.86. The van der Waals surface area contributed by atoms with Gasteiger partial charge in [-0.05, 0) is 40.3 Å². The van der Waals surface area contributed by atoms with Crippen molar-refractivity contribution in [2.75, 3.05) is 18.4 Å². The van der Waals surface area contributed by atoms with Crippen molar-refractivity contribution in [2.24, 2.45) is 5.41 Å². The molecule has 2 amide bonds. The molecule has 0 radical (unpaired) electrons. The third-order valence-electron chi connectivity index (χ3n) is 3.44. The number of aliphatic hydroxyl groups is 1. The number of urea groups is 1. The van der Waals surface area contributed by atoms with Crippen LogP contribution in [0, 0.1) is 5.41 Å². The minimum absolute atomic E-state index is 0.0806. The van der Waals surface area contributed by atoms with Crippen LogP contribution in [0.25, 0.3) is 0 Å². The Labute approximate surface area is 127 Å². The fourth-order valence-corrected chi connectivity index (χ4v) is 2.90. The lowest BCUT2D eigenvalue weighted by Crippen LogP contribution is -2.40. The Morgan fingerprint density at radius 3 is 3.05 bits per heavy atom. The molecular weight excluding hydrogens is 322 g/mol. The van der Waals surface area contributed by atoms with Crippen LogP contribution >= 0.6 is 15.9 Å². The third kappa shape index (κ3) is 3.93. The number of nitrogens with zero attached hydrogens (tertiary/aromatic N) is 2. The van der Waals surface area contributed by atoms with Crippen molar-refractivity contribution in [3.63, 3.8) is 0 Å². The normalized spacial score (nSPS) is 22.2. The van der Waals surface area contributed by atoms with Gasteiger partial charge in [0.15, 0.2) is 0 Å². The summed E-state index contributed by atoms with van der Waals surface area (Å²) in [6.07, 6.45) is 4.28. The Kier molecular flexibility index (Phi) is 4.65. The number of hydrogen-bond acceptors (Lipinski definition) is 3. The summed E-state index contributed by atoms with van der Waals surface area (Å²) >= 11 is 3.36. The summed E-state index contributed by atoms with van der Waals surface area (Å²) in [6, 6.07) is 1.61. The highest BCUT2D eigenvalue weighted by molar-refractivity contribution is 9.10. The van der Waals surface area contributed by atoms with E-state index in [4.69, 9.17) is 0 Å². The van der Waals surface area contributed by atoms with E-state index in [1.807, 2.05) is 0 Å². The summed E-state index contributed by atoms with van der Waals surface area (Å²) in [5.74, 6) is 0. The molecular formula is C14H20BrN3O2. The van der Waals surface area contributed by atoms with E-state index in [1.165, 1.54) is 0 Å². The molecule has 0 aromatic carbocycles. The van der Waals surface area contributed by atoms with E-state index in [1.54, 1.807) is 23.4 Å². The number of likely N-dealkylation sites (tertiary alicyclic amines) is 1. The van der Waals surface area contributed by atoms with Gasteiger partial charge in [0, 0.05) is 25.5 Å². The number of anilines is 1. The molecule has 5 nitrogen and oxygen atoms in total. The lowest BCUT2D eigenvalue weighted by molar-refractivity contribution is 0.122. The Morgan fingerprint density at radius 1 is 1.60 bits per heavy atom. The number of hydrogen-bond donors (Lipinski definition) is 2. The summed E-state index contributed by atoms with van der Waals surface area (Å²) in [5, 5.41) is 12.8. The van der Waals surface area contributed by atoms with Gasteiger partial charge in [-0.1, -0.05) is 13.8 Å². The molecule has 1 aliphatic heterocycles. The number of halogens is 1. The third-order valence-corrected chi connectivity index (χ3v) is 4.07. The van der Waals surface area contributed by atoms with E-state index in [-0.39, 0.29) is 17.6 Å². The maximum absolute atomic E-state index is 12.4. The predicted molar refractivity (Wildman–Crippen MR) is 81.6 cm³/mol. The van der Waals surface area contributed by atoms with Gasteiger partial charge in [0.25, 0.3) is 0 Å². The summed E-state index contributed by atoms with van der Waals surface area (Å²) in [6.45, 7) is 5.35. The SMILES string of the molecule is CC1(C)CC(O)CCN(C(=O)Nc2ccncc2Br)C1. The van der Waals surface area contributed by atoms with Gasteiger partial charge in [0.1, 0.15) is 0 Å². The van der Waals surface area contributed by atoms with E-state index in [2.05, 4.69) is 40.1 Å². The average Bonchev–Trinajstić information content (AvgIpc) is 2.49. The molecule has 1 aromatic rings. The summed E-state index contributed by atoms with van der Waals surface area (Å²) in [4.78, 5) is 18.1. The van der Waals surface area contributed by atoms with Crippen molar-refractivity contribution in [1.82, 2.24) is 9.88 Å². The van der Waals surface area contributed by atoms with Crippen LogP contribution in [0.15, 0.2) is 22.9 Å². The quantitative estimate of drug-likeness (QED) is 0.825. The van der Waals surface area contributed by atoms with Crippen molar-refractivity contribution in [1.29, 1.82) is 0 Å². The second-order valence-electron chi connectivity index (χ2n) is 6.02. The first-order chi connectivity index (χ1) is 9.37. The Hall–Kier alpha value is -1.14. The molecule has 1 saturated heterocycles. The summed E-state index contributed by atoms with van der Waals surface area (Å²) < 4.78 is 0.752. The number of pyridine rings is 1. The van der Waals surface area contributed by atoms with Gasteiger partial charge in [-0.3, -0.25) is 4.98 Å². The number of aliphatic hydroxyl groups excluding tert-OH is 1. The Morgan fingerprint density at radius 2 is 2.35 bits per heavy atom. The topological polar surface area (TPSA) is 65.5 Å². The highest BCUT2D eigenvalue weighted by atomic mass is 79.9. The monoisotopic (exact) mass is 341 g/mol. The van der Waals surface area contributed by atoms with Gasteiger partial charge in [0.2, 0.25) is 0 Å². The number of nitrogens with one attached hydrogen (secondary N) is 1. The molecule has 0 spiro atoms. The van der Waals surface area contributed by atoms with Gasteiger partial charge in [-0.15, -0.1) is 0 Å². The first-order valence-corrected chi connectivity index (χ1v) is 7.50. The van der Waals surface area contributed by atoms with E-state index >= 15 is 0 Å². The molecule has 2 heterocycles. The maximum Gasteiger partial charge on any atom is 0.321 e. The molecule has 1 atom stereocenters. The standard InChI is InChI=1S/C14H20BrN3O2/c1-14(2)7-10(19)4-6-18(9-14)13(20)17-12-3-5-16-8-11(12)15/h3,5,8,10,19H,4,6-7,9H2,1-2H3,(H,16,17,20). The number of rotatable bonds is 1. The minimum atomic E-state index is -0.338. The Balaban J connectivity index is 2.07. The van der Waals surface area contributed by atoms with Gasteiger partial charge in [-0.2, -0.15) is 0 Å². The molecule has 0 bridgehead atoms. The van der Waals surface area contributed by atoms with Crippen LogP contribution in [0.3, 0.4) is 0 Å². The first-order valence-electron chi connectivity index (χ1n) is 6.71. The zero-order valence-electron chi connectivity index (χ0n) is 11.8. The molecule has 20 heavy (non-hydrogen) atoms. The average molecular weight is 342 g/mol. The van der Waals surface area contributed by atoms with Crippen molar-refractivity contribution >= 4 is 27.6 Å². The molecule has 1 unspecified atom stereocenters. The zero-order chi connectivity index (χ0) is 14.8. The molecule has 0 saturated carbocycles. The largest absolute Gasteiger partial charge is 0.393 e. The maximum atomic E-state index is 12.4. The summed E-state index contributed by atoms with van der Waals surface area (Å²) in [5.41, 5.74) is 0.621. The number of carbonyl (C=O) groups is 1. The second kappa shape index (κ2) is 6.10. The number of carbonyl (C=O) groups excluding carboxylic acids is 1. The van der Waals surface area contributed by atoms with E-state index in [9.17, 15) is 9.90 Å². The summed E-state index contributed by atoms with van der Waals surface area (Å²) in [7, 11) is 0. The Bertz CT molecular complexity index is 493. The van der Waals surface area contributed by atoms with Crippen LogP contribution in [0.4, 0.5) is 10.5 Å². The van der Waals surface area contributed by atoms with Crippen LogP contribution in [0.5, 0.6) is 0 Å².